The summed E-state index contributed by atoms with van der Waals surface area (Å²) in [6, 6.07) is 9.74. The van der Waals surface area contributed by atoms with Crippen molar-refractivity contribution in [1.29, 1.82) is 0 Å². The average molecular weight is 257 g/mol. The molecule has 0 spiro atoms. The monoisotopic (exact) mass is 257 g/mol. The molecule has 100 valence electrons. The molecule has 1 aromatic carbocycles. The fraction of sp³-hybridized carbons (Fsp3) is 0.333. The third kappa shape index (κ3) is 3.76. The number of anilines is 1. The Morgan fingerprint density at radius 3 is 2.89 bits per heavy atom. The second-order valence-corrected chi connectivity index (χ2v) is 4.65. The van der Waals surface area contributed by atoms with Crippen molar-refractivity contribution < 1.29 is 4.79 Å². The third-order valence-electron chi connectivity index (χ3n) is 2.97. The molecule has 2 aromatic rings. The molecule has 0 saturated heterocycles. The number of pyridine rings is 1. The lowest BCUT2D eigenvalue weighted by Crippen LogP contribution is -2.11. The van der Waals surface area contributed by atoms with Crippen LogP contribution in [0.15, 0.2) is 30.3 Å². The Bertz CT molecular complexity index is 581. The molecule has 4 heteroatoms. The van der Waals surface area contributed by atoms with Gasteiger partial charge in [0.15, 0.2) is 0 Å². The van der Waals surface area contributed by atoms with Crippen LogP contribution in [0.5, 0.6) is 0 Å². The highest BCUT2D eigenvalue weighted by atomic mass is 16.1. The van der Waals surface area contributed by atoms with Crippen LogP contribution in [-0.4, -0.2) is 17.4 Å². The largest absolute Gasteiger partial charge is 0.330 e. The van der Waals surface area contributed by atoms with Gasteiger partial charge in [0.25, 0.3) is 0 Å². The second-order valence-electron chi connectivity index (χ2n) is 4.65. The number of hydrogen-bond donors (Lipinski definition) is 2. The van der Waals surface area contributed by atoms with E-state index in [1.807, 2.05) is 37.3 Å². The molecule has 3 N–H and O–H groups in total. The highest BCUT2D eigenvalue weighted by Gasteiger charge is 2.03. The average Bonchev–Trinajstić information content (AvgIpc) is 2.39. The van der Waals surface area contributed by atoms with E-state index < -0.39 is 0 Å². The van der Waals surface area contributed by atoms with Crippen LogP contribution in [0.2, 0.25) is 0 Å². The topological polar surface area (TPSA) is 68.0 Å². The van der Waals surface area contributed by atoms with Gasteiger partial charge in [-0.15, -0.1) is 0 Å². The second kappa shape index (κ2) is 6.29. The first-order valence-electron chi connectivity index (χ1n) is 6.56. The molecule has 0 saturated carbocycles. The number of rotatable bonds is 5. The Balaban J connectivity index is 2.05. The number of nitrogens with one attached hydrogen (secondary N) is 1. The number of amides is 1. The van der Waals surface area contributed by atoms with E-state index in [0.717, 1.165) is 35.1 Å². The summed E-state index contributed by atoms with van der Waals surface area (Å²) >= 11 is 0. The molecule has 0 radical (unpaired) electrons. The number of benzene rings is 1. The predicted molar refractivity (Wildman–Crippen MR) is 78.0 cm³/mol. The summed E-state index contributed by atoms with van der Waals surface area (Å²) in [6.07, 6.45) is 2.23. The maximum atomic E-state index is 11.7. The first-order chi connectivity index (χ1) is 9.19. The molecule has 0 bridgehead atoms. The molecule has 1 aromatic heterocycles. The highest BCUT2D eigenvalue weighted by molar-refractivity contribution is 5.93. The number of unbranched alkanes of at least 4 members (excludes halogenated alkanes) is 1. The van der Waals surface area contributed by atoms with Crippen LogP contribution < -0.4 is 11.1 Å². The van der Waals surface area contributed by atoms with Gasteiger partial charge in [-0.25, -0.2) is 0 Å². The summed E-state index contributed by atoms with van der Waals surface area (Å²) in [4.78, 5) is 16.1. The fourth-order valence-corrected chi connectivity index (χ4v) is 1.96. The Labute approximate surface area is 113 Å². The summed E-state index contributed by atoms with van der Waals surface area (Å²) < 4.78 is 0. The summed E-state index contributed by atoms with van der Waals surface area (Å²) in [5.41, 5.74) is 8.16. The van der Waals surface area contributed by atoms with Gasteiger partial charge in [-0.05, 0) is 50.6 Å². The van der Waals surface area contributed by atoms with Crippen LogP contribution in [-0.2, 0) is 4.79 Å². The van der Waals surface area contributed by atoms with E-state index in [1.165, 1.54) is 0 Å². The van der Waals surface area contributed by atoms with Crippen molar-refractivity contribution in [3.63, 3.8) is 0 Å². The number of nitrogens with two attached hydrogens (primary N) is 1. The highest BCUT2D eigenvalue weighted by Crippen LogP contribution is 2.18. The standard InChI is InChI=1S/C15H19N3O/c1-11-5-6-12-10-13(7-8-14(12)17-11)18-15(19)4-2-3-9-16/h5-8,10H,2-4,9,16H2,1H3,(H,18,19). The number of hydrogen-bond acceptors (Lipinski definition) is 3. The zero-order valence-electron chi connectivity index (χ0n) is 11.1. The van der Waals surface area contributed by atoms with E-state index in [1.54, 1.807) is 0 Å². The van der Waals surface area contributed by atoms with Gasteiger partial charge in [0.2, 0.25) is 5.91 Å². The van der Waals surface area contributed by atoms with Crippen molar-refractivity contribution in [2.75, 3.05) is 11.9 Å². The molecular formula is C15H19N3O. The number of carbonyl (C=O) groups is 1. The van der Waals surface area contributed by atoms with Gasteiger partial charge in [-0.3, -0.25) is 9.78 Å². The first kappa shape index (κ1) is 13.5. The summed E-state index contributed by atoms with van der Waals surface area (Å²) in [5, 5.41) is 3.93. The predicted octanol–water partition coefficient (Wildman–Crippen LogP) is 2.61. The van der Waals surface area contributed by atoms with Crippen molar-refractivity contribution in [2.24, 2.45) is 5.73 Å². The molecule has 1 heterocycles. The van der Waals surface area contributed by atoms with E-state index >= 15 is 0 Å². The van der Waals surface area contributed by atoms with Crippen molar-refractivity contribution >= 4 is 22.5 Å². The molecule has 1 amide bonds. The van der Waals surface area contributed by atoms with Crippen molar-refractivity contribution in [2.45, 2.75) is 26.2 Å². The van der Waals surface area contributed by atoms with Crippen LogP contribution in [0.25, 0.3) is 10.9 Å². The van der Waals surface area contributed by atoms with Crippen LogP contribution in [0.4, 0.5) is 5.69 Å². The fourth-order valence-electron chi connectivity index (χ4n) is 1.96. The van der Waals surface area contributed by atoms with Gasteiger partial charge in [0, 0.05) is 23.2 Å². The van der Waals surface area contributed by atoms with Crippen LogP contribution in [0.3, 0.4) is 0 Å². The number of nitrogens with zero attached hydrogens (tertiary/aromatic N) is 1. The minimum absolute atomic E-state index is 0.0351. The van der Waals surface area contributed by atoms with Crippen molar-refractivity contribution in [3.8, 4) is 0 Å². The van der Waals surface area contributed by atoms with E-state index in [9.17, 15) is 4.79 Å². The van der Waals surface area contributed by atoms with Gasteiger partial charge in [-0.2, -0.15) is 0 Å². The van der Waals surface area contributed by atoms with Gasteiger partial charge in [0.05, 0.1) is 5.52 Å². The molecular weight excluding hydrogens is 238 g/mol. The SMILES string of the molecule is Cc1ccc2cc(NC(=O)CCCCN)ccc2n1. The molecule has 0 fully saturated rings. The van der Waals surface area contributed by atoms with Gasteiger partial charge >= 0.3 is 0 Å². The lowest BCUT2D eigenvalue weighted by molar-refractivity contribution is -0.116. The molecule has 4 nitrogen and oxygen atoms in total. The van der Waals surface area contributed by atoms with Crippen LogP contribution >= 0.6 is 0 Å². The zero-order valence-corrected chi connectivity index (χ0v) is 11.1. The lowest BCUT2D eigenvalue weighted by atomic mass is 10.1. The molecule has 0 unspecified atom stereocenters. The van der Waals surface area contributed by atoms with Crippen LogP contribution in [0, 0.1) is 6.92 Å². The Morgan fingerprint density at radius 2 is 2.11 bits per heavy atom. The van der Waals surface area contributed by atoms with Gasteiger partial charge in [-0.1, -0.05) is 6.07 Å². The lowest BCUT2D eigenvalue weighted by Gasteiger charge is -2.06. The Hall–Kier alpha value is -1.94. The van der Waals surface area contributed by atoms with Crippen molar-refractivity contribution in [1.82, 2.24) is 4.98 Å². The quantitative estimate of drug-likeness (QED) is 0.809. The minimum Gasteiger partial charge on any atom is -0.330 e. The molecule has 0 aliphatic carbocycles. The number of aromatic nitrogens is 1. The summed E-state index contributed by atoms with van der Waals surface area (Å²) in [7, 11) is 0. The van der Waals surface area contributed by atoms with Gasteiger partial charge < -0.3 is 11.1 Å². The molecule has 0 aliphatic rings. The van der Waals surface area contributed by atoms with Crippen LogP contribution in [0.1, 0.15) is 25.0 Å². The maximum absolute atomic E-state index is 11.7. The molecule has 2 rings (SSSR count). The summed E-state index contributed by atoms with van der Waals surface area (Å²) in [6.45, 7) is 2.60. The summed E-state index contributed by atoms with van der Waals surface area (Å²) in [5.74, 6) is 0.0351. The maximum Gasteiger partial charge on any atom is 0.224 e. The van der Waals surface area contributed by atoms with E-state index in [2.05, 4.69) is 10.3 Å². The first-order valence-corrected chi connectivity index (χ1v) is 6.56. The minimum atomic E-state index is 0.0351. The normalized spacial score (nSPS) is 10.6. The Kier molecular flexibility index (Phi) is 4.47. The smallest absolute Gasteiger partial charge is 0.224 e. The molecule has 0 aliphatic heterocycles. The number of fused-ring (bicyclic) bond motifs is 1. The molecule has 0 atom stereocenters. The zero-order chi connectivity index (χ0) is 13.7. The number of aryl methyl sites for hydroxylation is 1. The van der Waals surface area contributed by atoms with E-state index in [4.69, 9.17) is 5.73 Å². The number of carbonyl (C=O) groups excluding carboxylic acids is 1. The van der Waals surface area contributed by atoms with Gasteiger partial charge in [0.1, 0.15) is 0 Å². The van der Waals surface area contributed by atoms with E-state index in [0.29, 0.717) is 13.0 Å². The molecule has 19 heavy (non-hydrogen) atoms. The third-order valence-corrected chi connectivity index (χ3v) is 2.97. The Morgan fingerprint density at radius 1 is 1.26 bits per heavy atom. The van der Waals surface area contributed by atoms with Crippen molar-refractivity contribution in [3.05, 3.63) is 36.0 Å². The van der Waals surface area contributed by atoms with E-state index in [-0.39, 0.29) is 5.91 Å².